The summed E-state index contributed by atoms with van der Waals surface area (Å²) >= 11 is 0. The summed E-state index contributed by atoms with van der Waals surface area (Å²) < 4.78 is 2.17. The van der Waals surface area contributed by atoms with Crippen molar-refractivity contribution in [2.24, 2.45) is 14.1 Å². The number of β-amino-alcohol motifs (C(OH)–C–C–N with tert-alkyl or cyclic N) is 1. The van der Waals surface area contributed by atoms with E-state index in [0.717, 1.165) is 22.1 Å². The lowest BCUT2D eigenvalue weighted by molar-refractivity contribution is 0.153. The summed E-state index contributed by atoms with van der Waals surface area (Å²) in [6, 6.07) is 0. The molecule has 1 aromatic heterocycles. The summed E-state index contributed by atoms with van der Waals surface area (Å²) in [4.78, 5) is 25.1. The van der Waals surface area contributed by atoms with E-state index in [9.17, 15) is 14.7 Å². The molecular weight excluding hydrogens is 224 g/mol. The van der Waals surface area contributed by atoms with Crippen LogP contribution in [0.15, 0.2) is 9.59 Å². The number of hydrogen-bond acceptors (Lipinski definition) is 5. The summed E-state index contributed by atoms with van der Waals surface area (Å²) in [7, 11) is 2.93. The number of hydrogen-bond donors (Lipinski definition) is 1. The van der Waals surface area contributed by atoms with Gasteiger partial charge in [-0.05, 0) is 12.8 Å². The second-order valence-electron chi connectivity index (χ2n) is 4.34. The molecule has 0 amide bonds. The van der Waals surface area contributed by atoms with Crippen molar-refractivity contribution in [2.75, 3.05) is 18.0 Å². The predicted octanol–water partition coefficient (Wildman–Crippen LogP) is -1.56. The van der Waals surface area contributed by atoms with Crippen molar-refractivity contribution in [3.8, 4) is 0 Å². The van der Waals surface area contributed by atoms with E-state index in [-0.39, 0.29) is 5.82 Å². The number of aromatic nitrogens is 3. The summed E-state index contributed by atoms with van der Waals surface area (Å²) in [5.74, 6) is 0.230. The third kappa shape index (κ3) is 2.10. The van der Waals surface area contributed by atoms with Gasteiger partial charge in [0.1, 0.15) is 0 Å². The normalized spacial score (nSPS) is 20.6. The fourth-order valence-corrected chi connectivity index (χ4v) is 2.03. The molecule has 7 heteroatoms. The van der Waals surface area contributed by atoms with Gasteiger partial charge in [-0.15, -0.1) is 5.10 Å². The number of nitrogens with zero attached hydrogens (tertiary/aromatic N) is 4. The van der Waals surface area contributed by atoms with Crippen LogP contribution in [0.25, 0.3) is 0 Å². The van der Waals surface area contributed by atoms with E-state index < -0.39 is 17.4 Å². The van der Waals surface area contributed by atoms with E-state index in [1.54, 1.807) is 4.90 Å². The average molecular weight is 240 g/mol. The SMILES string of the molecule is Cn1nc(N2CCC[C@H](O)C2)c(=O)n(C)c1=O. The zero-order valence-corrected chi connectivity index (χ0v) is 9.96. The Bertz CT molecular complexity index is 533. The van der Waals surface area contributed by atoms with E-state index in [2.05, 4.69) is 5.10 Å². The second-order valence-corrected chi connectivity index (χ2v) is 4.34. The highest BCUT2D eigenvalue weighted by atomic mass is 16.3. The highest BCUT2D eigenvalue weighted by molar-refractivity contribution is 5.35. The maximum atomic E-state index is 11.9. The Morgan fingerprint density at radius 3 is 2.71 bits per heavy atom. The first kappa shape index (κ1) is 11.8. The van der Waals surface area contributed by atoms with Gasteiger partial charge in [-0.3, -0.25) is 9.36 Å². The minimum absolute atomic E-state index is 0.230. The van der Waals surface area contributed by atoms with E-state index in [1.165, 1.54) is 14.1 Å². The minimum atomic E-state index is -0.448. The minimum Gasteiger partial charge on any atom is -0.391 e. The van der Waals surface area contributed by atoms with Gasteiger partial charge >= 0.3 is 5.69 Å². The smallest absolute Gasteiger partial charge is 0.346 e. The van der Waals surface area contributed by atoms with Crippen molar-refractivity contribution >= 4 is 5.82 Å². The zero-order valence-electron chi connectivity index (χ0n) is 9.96. The molecule has 1 saturated heterocycles. The predicted molar refractivity (Wildman–Crippen MR) is 62.2 cm³/mol. The quantitative estimate of drug-likeness (QED) is 0.642. The van der Waals surface area contributed by atoms with Gasteiger partial charge in [0.25, 0.3) is 5.56 Å². The van der Waals surface area contributed by atoms with Crippen molar-refractivity contribution < 1.29 is 5.11 Å². The number of aliphatic hydroxyl groups excluding tert-OH is 1. The topological polar surface area (TPSA) is 80.4 Å². The van der Waals surface area contributed by atoms with Gasteiger partial charge in [0.2, 0.25) is 5.82 Å². The molecule has 2 heterocycles. The Morgan fingerprint density at radius 1 is 1.35 bits per heavy atom. The van der Waals surface area contributed by atoms with Gasteiger partial charge < -0.3 is 10.0 Å². The largest absolute Gasteiger partial charge is 0.391 e. The van der Waals surface area contributed by atoms with Crippen LogP contribution in [0, 0.1) is 0 Å². The molecule has 7 nitrogen and oxygen atoms in total. The molecule has 0 aromatic carbocycles. The van der Waals surface area contributed by atoms with Gasteiger partial charge in [0, 0.05) is 27.2 Å². The van der Waals surface area contributed by atoms with Crippen LogP contribution in [0.5, 0.6) is 0 Å². The molecule has 1 aliphatic heterocycles. The molecule has 1 aliphatic rings. The summed E-state index contributed by atoms with van der Waals surface area (Å²) in [6.07, 6.45) is 1.12. The average Bonchev–Trinajstić information content (AvgIpc) is 2.31. The molecule has 2 rings (SSSR count). The van der Waals surface area contributed by atoms with Crippen LogP contribution in [0.1, 0.15) is 12.8 Å². The molecule has 0 radical (unpaired) electrons. The molecule has 0 unspecified atom stereocenters. The Morgan fingerprint density at radius 2 is 2.06 bits per heavy atom. The molecule has 1 N–H and O–H groups in total. The van der Waals surface area contributed by atoms with Crippen LogP contribution in [-0.4, -0.2) is 38.6 Å². The third-order valence-corrected chi connectivity index (χ3v) is 3.00. The lowest BCUT2D eigenvalue weighted by atomic mass is 10.1. The fraction of sp³-hybridized carbons (Fsp3) is 0.700. The van der Waals surface area contributed by atoms with Crippen LogP contribution in [0.3, 0.4) is 0 Å². The van der Waals surface area contributed by atoms with E-state index in [1.807, 2.05) is 0 Å². The molecule has 1 atom stereocenters. The van der Waals surface area contributed by atoms with Crippen molar-refractivity contribution in [3.63, 3.8) is 0 Å². The van der Waals surface area contributed by atoms with E-state index in [0.29, 0.717) is 13.1 Å². The molecule has 0 saturated carbocycles. The van der Waals surface area contributed by atoms with E-state index in [4.69, 9.17) is 0 Å². The number of aliphatic hydroxyl groups is 1. The Hall–Kier alpha value is -1.63. The number of anilines is 1. The van der Waals surface area contributed by atoms with Crippen LogP contribution in [0.4, 0.5) is 5.82 Å². The number of piperidine rings is 1. The molecule has 0 spiro atoms. The highest BCUT2D eigenvalue weighted by Gasteiger charge is 2.22. The van der Waals surface area contributed by atoms with Gasteiger partial charge in [-0.1, -0.05) is 0 Å². The van der Waals surface area contributed by atoms with Gasteiger partial charge in [-0.2, -0.15) is 0 Å². The van der Waals surface area contributed by atoms with Gasteiger partial charge in [-0.25, -0.2) is 9.48 Å². The van der Waals surface area contributed by atoms with Gasteiger partial charge in [0.15, 0.2) is 0 Å². The monoisotopic (exact) mass is 240 g/mol. The van der Waals surface area contributed by atoms with Crippen LogP contribution in [0.2, 0.25) is 0 Å². The molecule has 1 fully saturated rings. The summed E-state index contributed by atoms with van der Waals surface area (Å²) in [6.45, 7) is 1.07. The van der Waals surface area contributed by atoms with Crippen LogP contribution < -0.4 is 16.1 Å². The Labute approximate surface area is 97.9 Å². The maximum Gasteiger partial charge on any atom is 0.346 e. The van der Waals surface area contributed by atoms with Crippen molar-refractivity contribution in [3.05, 3.63) is 20.8 Å². The maximum absolute atomic E-state index is 11.9. The molecule has 0 bridgehead atoms. The van der Waals surface area contributed by atoms with Crippen molar-refractivity contribution in [1.29, 1.82) is 0 Å². The fourth-order valence-electron chi connectivity index (χ4n) is 2.03. The Kier molecular flexibility index (Phi) is 3.01. The zero-order chi connectivity index (χ0) is 12.6. The van der Waals surface area contributed by atoms with E-state index >= 15 is 0 Å². The molecular formula is C10H16N4O3. The first-order valence-electron chi connectivity index (χ1n) is 5.58. The molecule has 94 valence electrons. The molecule has 17 heavy (non-hydrogen) atoms. The standard InChI is InChI=1S/C10H16N4O3/c1-12-9(16)8(11-13(2)10(12)17)14-5-3-4-7(15)6-14/h7,15H,3-6H2,1-2H3/t7-/m0/s1. The third-order valence-electron chi connectivity index (χ3n) is 3.00. The Balaban J connectivity index is 2.45. The van der Waals surface area contributed by atoms with Crippen molar-refractivity contribution in [2.45, 2.75) is 18.9 Å². The van der Waals surface area contributed by atoms with Crippen LogP contribution >= 0.6 is 0 Å². The highest BCUT2D eigenvalue weighted by Crippen LogP contribution is 2.13. The second kappa shape index (κ2) is 4.33. The first-order chi connectivity index (χ1) is 8.00. The number of aryl methyl sites for hydroxylation is 1. The molecule has 1 aromatic rings. The molecule has 0 aliphatic carbocycles. The number of rotatable bonds is 1. The van der Waals surface area contributed by atoms with Crippen LogP contribution in [-0.2, 0) is 14.1 Å². The lowest BCUT2D eigenvalue weighted by Gasteiger charge is -2.30. The summed E-state index contributed by atoms with van der Waals surface area (Å²) in [5.41, 5.74) is -0.862. The first-order valence-corrected chi connectivity index (χ1v) is 5.58. The summed E-state index contributed by atoms with van der Waals surface area (Å²) in [5, 5.41) is 13.6. The van der Waals surface area contributed by atoms with Gasteiger partial charge in [0.05, 0.1) is 6.10 Å². The lowest BCUT2D eigenvalue weighted by Crippen LogP contribution is -2.47. The van der Waals surface area contributed by atoms with Crippen molar-refractivity contribution in [1.82, 2.24) is 14.3 Å².